The van der Waals surface area contributed by atoms with Gasteiger partial charge in [-0.25, -0.2) is 9.97 Å². The van der Waals surface area contributed by atoms with Crippen molar-refractivity contribution in [3.63, 3.8) is 0 Å². The van der Waals surface area contributed by atoms with E-state index in [1.807, 2.05) is 24.3 Å². The Morgan fingerprint density at radius 2 is 2.00 bits per heavy atom. The van der Waals surface area contributed by atoms with E-state index in [9.17, 15) is 9.59 Å². The van der Waals surface area contributed by atoms with E-state index in [2.05, 4.69) is 15.3 Å². The van der Waals surface area contributed by atoms with Gasteiger partial charge in [-0.1, -0.05) is 18.2 Å². The quantitative estimate of drug-likeness (QED) is 0.630. The zero-order valence-corrected chi connectivity index (χ0v) is 15.1. The van der Waals surface area contributed by atoms with Crippen LogP contribution in [0.4, 0.5) is 0 Å². The van der Waals surface area contributed by atoms with Crippen LogP contribution in [0, 0.1) is 0 Å². The van der Waals surface area contributed by atoms with E-state index in [0.29, 0.717) is 23.5 Å². The fourth-order valence-corrected chi connectivity index (χ4v) is 2.72. The summed E-state index contributed by atoms with van der Waals surface area (Å²) in [5.41, 5.74) is 0.972. The molecule has 27 heavy (non-hydrogen) atoms. The number of nitrogens with zero attached hydrogens (tertiary/aromatic N) is 3. The first-order valence-corrected chi connectivity index (χ1v) is 8.40. The summed E-state index contributed by atoms with van der Waals surface area (Å²) in [5, 5.41) is 2.63. The van der Waals surface area contributed by atoms with E-state index >= 15 is 0 Å². The van der Waals surface area contributed by atoms with E-state index in [4.69, 9.17) is 9.47 Å². The Labute approximate surface area is 155 Å². The summed E-state index contributed by atoms with van der Waals surface area (Å²) in [5.74, 6) is 0.105. The molecule has 0 aliphatic carbocycles. The van der Waals surface area contributed by atoms with Gasteiger partial charge in [0.2, 0.25) is 0 Å². The minimum absolute atomic E-state index is 0.179. The molecule has 2 aromatic heterocycles. The first-order valence-electron chi connectivity index (χ1n) is 8.40. The van der Waals surface area contributed by atoms with Crippen LogP contribution < -0.4 is 15.6 Å². The Morgan fingerprint density at radius 1 is 1.19 bits per heavy atom. The number of aromatic nitrogens is 3. The van der Waals surface area contributed by atoms with Gasteiger partial charge in [-0.3, -0.25) is 14.2 Å². The van der Waals surface area contributed by atoms with Crippen molar-refractivity contribution in [2.45, 2.75) is 6.54 Å². The molecule has 1 aromatic carbocycles. The van der Waals surface area contributed by atoms with Crippen molar-refractivity contribution in [2.75, 3.05) is 27.4 Å². The summed E-state index contributed by atoms with van der Waals surface area (Å²) in [4.78, 5) is 33.9. The number of ether oxygens (including phenoxy) is 2. The summed E-state index contributed by atoms with van der Waals surface area (Å²) in [6, 6.07) is 10.8. The van der Waals surface area contributed by atoms with Crippen molar-refractivity contribution >= 4 is 17.1 Å². The van der Waals surface area contributed by atoms with Gasteiger partial charge in [0.05, 0.1) is 20.3 Å². The van der Waals surface area contributed by atoms with Crippen molar-refractivity contribution in [1.29, 1.82) is 0 Å². The number of fused-ring (bicyclic) bond motifs is 1. The third-order valence-electron chi connectivity index (χ3n) is 4.03. The highest BCUT2D eigenvalue weighted by Gasteiger charge is 2.18. The second-order valence-electron chi connectivity index (χ2n) is 5.76. The number of rotatable bonds is 7. The first kappa shape index (κ1) is 18.5. The van der Waals surface area contributed by atoms with Crippen molar-refractivity contribution < 1.29 is 14.3 Å². The maximum absolute atomic E-state index is 13.0. The summed E-state index contributed by atoms with van der Waals surface area (Å²) in [6.07, 6.45) is 1.58. The average molecular weight is 368 g/mol. The molecule has 0 saturated carbocycles. The second-order valence-corrected chi connectivity index (χ2v) is 5.76. The summed E-state index contributed by atoms with van der Waals surface area (Å²) in [6.45, 7) is 0.835. The van der Waals surface area contributed by atoms with Gasteiger partial charge in [0.1, 0.15) is 11.3 Å². The Bertz CT molecular complexity index is 1020. The number of nitrogens with one attached hydrogen (secondary N) is 1. The van der Waals surface area contributed by atoms with Gasteiger partial charge in [-0.15, -0.1) is 0 Å². The van der Waals surface area contributed by atoms with Crippen molar-refractivity contribution in [3.05, 3.63) is 64.2 Å². The zero-order chi connectivity index (χ0) is 19.2. The van der Waals surface area contributed by atoms with Crippen LogP contribution in [0.1, 0.15) is 16.1 Å². The fraction of sp³-hybridized carbons (Fsp3) is 0.263. The molecule has 3 aromatic rings. The highest BCUT2D eigenvalue weighted by atomic mass is 16.5. The maximum atomic E-state index is 13.0. The minimum Gasteiger partial charge on any atom is -0.496 e. The monoisotopic (exact) mass is 368 g/mol. The average Bonchev–Trinajstić information content (AvgIpc) is 2.70. The number of carbonyl (C=O) groups is 1. The molecule has 0 radical (unpaired) electrons. The van der Waals surface area contributed by atoms with Crippen molar-refractivity contribution in [1.82, 2.24) is 19.9 Å². The van der Waals surface area contributed by atoms with Crippen LogP contribution in [-0.4, -0.2) is 47.8 Å². The lowest BCUT2D eigenvalue weighted by atomic mass is 10.2. The molecular weight excluding hydrogens is 348 g/mol. The molecule has 0 aliphatic rings. The Morgan fingerprint density at radius 3 is 2.78 bits per heavy atom. The predicted octanol–water partition coefficient (Wildman–Crippen LogP) is 1.22. The first-order chi connectivity index (χ1) is 13.2. The van der Waals surface area contributed by atoms with E-state index in [1.54, 1.807) is 25.4 Å². The van der Waals surface area contributed by atoms with Crippen LogP contribution in [0.5, 0.6) is 5.75 Å². The van der Waals surface area contributed by atoms with Crippen LogP contribution in [-0.2, 0) is 11.3 Å². The predicted molar refractivity (Wildman–Crippen MR) is 100 cm³/mol. The SMILES string of the molecule is COCCNC(=O)c1nc2cccnc2n(Cc2ccccc2OC)c1=O. The number of carbonyl (C=O) groups excluding carboxylic acids is 1. The third-order valence-corrected chi connectivity index (χ3v) is 4.03. The maximum Gasteiger partial charge on any atom is 0.284 e. The lowest BCUT2D eigenvalue weighted by molar-refractivity contribution is 0.0930. The topological polar surface area (TPSA) is 95.3 Å². The minimum atomic E-state index is -0.545. The molecular formula is C19H20N4O4. The number of hydrogen-bond acceptors (Lipinski definition) is 6. The van der Waals surface area contributed by atoms with Crippen LogP contribution in [0.25, 0.3) is 11.2 Å². The Kier molecular flexibility index (Phi) is 5.77. The molecule has 8 nitrogen and oxygen atoms in total. The largest absolute Gasteiger partial charge is 0.496 e. The molecule has 0 saturated heterocycles. The van der Waals surface area contributed by atoms with Gasteiger partial charge in [0.15, 0.2) is 11.3 Å². The summed E-state index contributed by atoms with van der Waals surface area (Å²) in [7, 11) is 3.10. The molecule has 0 spiro atoms. The van der Waals surface area contributed by atoms with Gasteiger partial charge >= 0.3 is 0 Å². The molecule has 0 unspecified atom stereocenters. The Hall–Kier alpha value is -3.26. The molecule has 140 valence electrons. The molecule has 3 rings (SSSR count). The summed E-state index contributed by atoms with van der Waals surface area (Å²) >= 11 is 0. The van der Waals surface area contributed by atoms with Crippen LogP contribution in [0.3, 0.4) is 0 Å². The van der Waals surface area contributed by atoms with E-state index in [-0.39, 0.29) is 18.8 Å². The molecule has 0 atom stereocenters. The highest BCUT2D eigenvalue weighted by Crippen LogP contribution is 2.19. The van der Waals surface area contributed by atoms with Crippen LogP contribution in [0.15, 0.2) is 47.4 Å². The zero-order valence-electron chi connectivity index (χ0n) is 15.1. The number of benzene rings is 1. The number of para-hydroxylation sites is 1. The number of pyridine rings is 1. The lowest BCUT2D eigenvalue weighted by Crippen LogP contribution is -2.36. The van der Waals surface area contributed by atoms with Crippen molar-refractivity contribution in [2.24, 2.45) is 0 Å². The smallest absolute Gasteiger partial charge is 0.284 e. The fourth-order valence-electron chi connectivity index (χ4n) is 2.72. The number of amides is 1. The molecule has 1 N–H and O–H groups in total. The van der Waals surface area contributed by atoms with Gasteiger partial charge in [-0.2, -0.15) is 0 Å². The van der Waals surface area contributed by atoms with Gasteiger partial charge in [0, 0.05) is 25.4 Å². The van der Waals surface area contributed by atoms with E-state index in [1.165, 1.54) is 11.7 Å². The number of methoxy groups -OCH3 is 2. The van der Waals surface area contributed by atoms with E-state index < -0.39 is 11.5 Å². The molecule has 0 bridgehead atoms. The van der Waals surface area contributed by atoms with Gasteiger partial charge in [0.25, 0.3) is 11.5 Å². The lowest BCUT2D eigenvalue weighted by Gasteiger charge is -2.13. The van der Waals surface area contributed by atoms with E-state index in [0.717, 1.165) is 5.56 Å². The number of hydrogen-bond donors (Lipinski definition) is 1. The van der Waals surface area contributed by atoms with Gasteiger partial charge in [-0.05, 0) is 18.2 Å². The Balaban J connectivity index is 2.09. The normalized spacial score (nSPS) is 10.7. The molecule has 1 amide bonds. The molecule has 2 heterocycles. The molecule has 0 aliphatic heterocycles. The third kappa shape index (κ3) is 3.95. The van der Waals surface area contributed by atoms with Crippen LogP contribution >= 0.6 is 0 Å². The standard InChI is InChI=1S/C19H20N4O4/c1-26-11-10-21-18(24)16-19(25)23(17-14(22-16)7-5-9-20-17)12-13-6-3-4-8-15(13)27-2/h3-9H,10-12H2,1-2H3,(H,21,24). The van der Waals surface area contributed by atoms with Crippen LogP contribution in [0.2, 0.25) is 0 Å². The second kappa shape index (κ2) is 8.41. The van der Waals surface area contributed by atoms with Gasteiger partial charge < -0.3 is 14.8 Å². The molecule has 0 fully saturated rings. The highest BCUT2D eigenvalue weighted by molar-refractivity contribution is 5.93. The van der Waals surface area contributed by atoms with Crippen molar-refractivity contribution in [3.8, 4) is 5.75 Å². The molecule has 8 heteroatoms. The summed E-state index contributed by atoms with van der Waals surface area (Å²) < 4.78 is 11.7.